The monoisotopic (exact) mass is 368 g/mol. The van der Waals surface area contributed by atoms with E-state index in [2.05, 4.69) is 10.5 Å². The van der Waals surface area contributed by atoms with Crippen molar-refractivity contribution in [2.75, 3.05) is 5.32 Å². The van der Waals surface area contributed by atoms with E-state index in [9.17, 15) is 26.7 Å². The number of halogens is 5. The van der Waals surface area contributed by atoms with E-state index in [0.717, 1.165) is 18.2 Å². The number of rotatable bonds is 4. The molecule has 0 spiro atoms. The zero-order valence-electron chi connectivity index (χ0n) is 12.8. The van der Waals surface area contributed by atoms with Gasteiger partial charge < -0.3 is 9.84 Å². The Morgan fingerprint density at radius 3 is 2.46 bits per heavy atom. The quantitative estimate of drug-likeness (QED) is 0.554. The van der Waals surface area contributed by atoms with E-state index in [0.29, 0.717) is 12.1 Å². The van der Waals surface area contributed by atoms with Gasteiger partial charge in [-0.3, -0.25) is 4.79 Å². The zero-order valence-corrected chi connectivity index (χ0v) is 12.8. The minimum Gasteiger partial charge on any atom is -0.356 e. The Morgan fingerprint density at radius 1 is 0.962 bits per heavy atom. The summed E-state index contributed by atoms with van der Waals surface area (Å²) in [5.41, 5.74) is -0.524. The molecule has 134 valence electrons. The van der Waals surface area contributed by atoms with Crippen LogP contribution in [-0.2, 0) is 11.2 Å². The van der Waals surface area contributed by atoms with Gasteiger partial charge in [-0.25, -0.2) is 22.0 Å². The molecule has 0 bridgehead atoms. The van der Waals surface area contributed by atoms with Gasteiger partial charge in [-0.1, -0.05) is 5.16 Å². The first-order valence-electron chi connectivity index (χ1n) is 7.19. The summed E-state index contributed by atoms with van der Waals surface area (Å²) in [5.74, 6) is -7.09. The summed E-state index contributed by atoms with van der Waals surface area (Å²) in [5, 5.41) is 5.64. The molecule has 0 unspecified atom stereocenters. The van der Waals surface area contributed by atoms with Gasteiger partial charge in [-0.2, -0.15) is 0 Å². The lowest BCUT2D eigenvalue weighted by Crippen LogP contribution is -2.16. The number of aromatic nitrogens is 1. The molecule has 1 N–H and O–H groups in total. The molecule has 0 aliphatic carbocycles. The van der Waals surface area contributed by atoms with Gasteiger partial charge in [0.05, 0.1) is 23.4 Å². The molecule has 3 aromatic rings. The maximum absolute atomic E-state index is 13.7. The van der Waals surface area contributed by atoms with Crippen molar-refractivity contribution in [2.45, 2.75) is 6.42 Å². The molecule has 1 aromatic heterocycles. The van der Waals surface area contributed by atoms with Gasteiger partial charge in [0.15, 0.2) is 23.2 Å². The van der Waals surface area contributed by atoms with Crippen LogP contribution < -0.4 is 5.32 Å². The van der Waals surface area contributed by atoms with Gasteiger partial charge >= 0.3 is 0 Å². The van der Waals surface area contributed by atoms with Gasteiger partial charge in [-0.05, 0) is 24.3 Å². The van der Waals surface area contributed by atoms with Gasteiger partial charge in [-0.15, -0.1) is 0 Å². The van der Waals surface area contributed by atoms with E-state index in [1.807, 2.05) is 0 Å². The maximum atomic E-state index is 13.7. The average Bonchev–Trinajstić information content (AvgIpc) is 3.03. The number of carbonyl (C=O) groups is 1. The van der Waals surface area contributed by atoms with Crippen LogP contribution in [0.5, 0.6) is 0 Å². The fourth-order valence-electron chi connectivity index (χ4n) is 2.19. The molecule has 0 saturated carbocycles. The third-order valence-electron chi connectivity index (χ3n) is 3.41. The third-order valence-corrected chi connectivity index (χ3v) is 3.41. The Hall–Kier alpha value is -3.23. The van der Waals surface area contributed by atoms with Crippen molar-refractivity contribution >= 4 is 11.6 Å². The van der Waals surface area contributed by atoms with Gasteiger partial charge in [0.25, 0.3) is 0 Å². The van der Waals surface area contributed by atoms with E-state index < -0.39 is 47.1 Å². The van der Waals surface area contributed by atoms with Crippen LogP contribution in [0.3, 0.4) is 0 Å². The second-order valence-electron chi connectivity index (χ2n) is 5.25. The van der Waals surface area contributed by atoms with Crippen molar-refractivity contribution in [1.29, 1.82) is 0 Å². The number of amides is 1. The van der Waals surface area contributed by atoms with Crippen LogP contribution in [0.1, 0.15) is 5.69 Å². The molecule has 0 aliphatic rings. The average molecular weight is 368 g/mol. The van der Waals surface area contributed by atoms with Crippen LogP contribution in [0.2, 0.25) is 0 Å². The largest absolute Gasteiger partial charge is 0.356 e. The summed E-state index contributed by atoms with van der Waals surface area (Å²) < 4.78 is 71.0. The standard InChI is InChI=1S/C17H9F5N2O2/c18-8-1-2-10(12(20)5-8)14-6-9(24-26-14)7-15(25)23-13-4-3-11(19)16(21)17(13)22/h1-6H,7H2,(H,23,25). The molecule has 2 aromatic carbocycles. The van der Waals surface area contributed by atoms with Gasteiger partial charge in [0.2, 0.25) is 5.91 Å². The van der Waals surface area contributed by atoms with Crippen molar-refractivity contribution in [3.05, 3.63) is 71.2 Å². The first kappa shape index (κ1) is 17.6. The van der Waals surface area contributed by atoms with Crippen LogP contribution in [-0.4, -0.2) is 11.1 Å². The smallest absolute Gasteiger partial charge is 0.230 e. The van der Waals surface area contributed by atoms with Gasteiger partial charge in [0.1, 0.15) is 11.6 Å². The van der Waals surface area contributed by atoms with E-state index in [1.54, 1.807) is 0 Å². The number of hydrogen-bond donors (Lipinski definition) is 1. The zero-order chi connectivity index (χ0) is 18.8. The Balaban J connectivity index is 1.73. The first-order valence-corrected chi connectivity index (χ1v) is 7.19. The number of carbonyl (C=O) groups excluding carboxylic acids is 1. The van der Waals surface area contributed by atoms with Gasteiger partial charge in [0, 0.05) is 12.1 Å². The summed E-state index contributed by atoms with van der Waals surface area (Å²) in [6, 6.07) is 5.62. The first-order chi connectivity index (χ1) is 12.3. The molecule has 3 rings (SSSR count). The highest BCUT2D eigenvalue weighted by molar-refractivity contribution is 5.92. The van der Waals surface area contributed by atoms with E-state index >= 15 is 0 Å². The molecule has 0 aliphatic heterocycles. The highest BCUT2D eigenvalue weighted by Crippen LogP contribution is 2.25. The Morgan fingerprint density at radius 2 is 1.73 bits per heavy atom. The van der Waals surface area contributed by atoms with E-state index in [4.69, 9.17) is 4.52 Å². The predicted molar refractivity (Wildman–Crippen MR) is 80.5 cm³/mol. The predicted octanol–water partition coefficient (Wildman–Crippen LogP) is 4.22. The normalized spacial score (nSPS) is 10.8. The molecular formula is C17H9F5N2O2. The van der Waals surface area contributed by atoms with Crippen molar-refractivity contribution in [1.82, 2.24) is 5.16 Å². The molecule has 1 amide bonds. The second kappa shape index (κ2) is 6.95. The minimum atomic E-state index is -1.71. The lowest BCUT2D eigenvalue weighted by Gasteiger charge is -2.06. The second-order valence-corrected chi connectivity index (χ2v) is 5.25. The molecule has 4 nitrogen and oxygen atoms in total. The number of nitrogens with one attached hydrogen (secondary N) is 1. The fraction of sp³-hybridized carbons (Fsp3) is 0.0588. The van der Waals surface area contributed by atoms with E-state index in [1.165, 1.54) is 6.07 Å². The summed E-state index contributed by atoms with van der Waals surface area (Å²) in [6.45, 7) is 0. The van der Waals surface area contributed by atoms with Crippen LogP contribution >= 0.6 is 0 Å². The minimum absolute atomic E-state index is 0.0377. The third kappa shape index (κ3) is 3.56. The van der Waals surface area contributed by atoms with Crippen molar-refractivity contribution in [3.63, 3.8) is 0 Å². The molecule has 0 fully saturated rings. The highest BCUT2D eigenvalue weighted by Gasteiger charge is 2.17. The SMILES string of the molecule is O=C(Cc1cc(-c2ccc(F)cc2F)on1)Nc1ccc(F)c(F)c1F. The lowest BCUT2D eigenvalue weighted by atomic mass is 10.1. The summed E-state index contributed by atoms with van der Waals surface area (Å²) in [4.78, 5) is 11.9. The van der Waals surface area contributed by atoms with Crippen molar-refractivity contribution in [2.24, 2.45) is 0 Å². The van der Waals surface area contributed by atoms with Crippen LogP contribution in [0.25, 0.3) is 11.3 Å². The maximum Gasteiger partial charge on any atom is 0.230 e. The Kier molecular flexibility index (Phi) is 4.70. The molecule has 0 saturated heterocycles. The molecule has 26 heavy (non-hydrogen) atoms. The van der Waals surface area contributed by atoms with Crippen molar-refractivity contribution in [3.8, 4) is 11.3 Å². The number of nitrogens with zero attached hydrogens (tertiary/aromatic N) is 1. The Labute approximate surface area is 143 Å². The fourth-order valence-corrected chi connectivity index (χ4v) is 2.19. The van der Waals surface area contributed by atoms with E-state index in [-0.39, 0.29) is 17.0 Å². The molecule has 1 heterocycles. The molecule has 0 radical (unpaired) electrons. The lowest BCUT2D eigenvalue weighted by molar-refractivity contribution is -0.115. The highest BCUT2D eigenvalue weighted by atomic mass is 19.2. The van der Waals surface area contributed by atoms with Crippen LogP contribution in [0, 0.1) is 29.1 Å². The summed E-state index contributed by atoms with van der Waals surface area (Å²) in [7, 11) is 0. The summed E-state index contributed by atoms with van der Waals surface area (Å²) in [6.07, 6.45) is -0.398. The number of anilines is 1. The molecule has 9 heteroatoms. The number of hydrogen-bond acceptors (Lipinski definition) is 3. The van der Waals surface area contributed by atoms with Crippen LogP contribution in [0.4, 0.5) is 27.6 Å². The van der Waals surface area contributed by atoms with Crippen molar-refractivity contribution < 1.29 is 31.3 Å². The topological polar surface area (TPSA) is 55.1 Å². The molecule has 0 atom stereocenters. The summed E-state index contributed by atoms with van der Waals surface area (Å²) >= 11 is 0. The number of benzene rings is 2. The Bertz CT molecular complexity index is 987. The molecular weight excluding hydrogens is 359 g/mol. The van der Waals surface area contributed by atoms with Crippen LogP contribution in [0.15, 0.2) is 40.9 Å².